The minimum absolute atomic E-state index is 0.169. The third-order valence-corrected chi connectivity index (χ3v) is 7.82. The zero-order valence-corrected chi connectivity index (χ0v) is 21.2. The van der Waals surface area contributed by atoms with Crippen LogP contribution in [-0.2, 0) is 16.0 Å². The molecule has 3 aliphatic rings. The number of aromatic nitrogens is 2. The molecule has 0 radical (unpaired) electrons. The number of ether oxygens (including phenoxy) is 3. The van der Waals surface area contributed by atoms with Gasteiger partial charge in [-0.3, -0.25) is 4.79 Å². The Balaban J connectivity index is 1.04. The molecule has 0 unspecified atom stereocenters. The van der Waals surface area contributed by atoms with Crippen LogP contribution < -0.4 is 14.4 Å². The lowest BCUT2D eigenvalue weighted by Crippen LogP contribution is -2.41. The van der Waals surface area contributed by atoms with Crippen LogP contribution in [0.25, 0.3) is 0 Å². The van der Waals surface area contributed by atoms with Crippen LogP contribution in [0.2, 0.25) is 0 Å². The van der Waals surface area contributed by atoms with Gasteiger partial charge in [-0.2, -0.15) is 0 Å². The first-order chi connectivity index (χ1) is 18.0. The Hall–Kier alpha value is -3.01. The summed E-state index contributed by atoms with van der Waals surface area (Å²) >= 11 is 0. The molecular formula is C27H34F2N4O4. The maximum Gasteiger partial charge on any atom is 0.227 e. The maximum atomic E-state index is 14.6. The molecule has 1 aromatic heterocycles. The van der Waals surface area contributed by atoms with Gasteiger partial charge in [0.2, 0.25) is 11.9 Å². The Labute approximate surface area is 215 Å². The third kappa shape index (κ3) is 6.29. The van der Waals surface area contributed by atoms with Crippen molar-refractivity contribution in [3.63, 3.8) is 0 Å². The first-order valence-electron chi connectivity index (χ1n) is 13.1. The predicted molar refractivity (Wildman–Crippen MR) is 133 cm³/mol. The van der Waals surface area contributed by atoms with Gasteiger partial charge in [0, 0.05) is 43.9 Å². The molecule has 2 saturated heterocycles. The van der Waals surface area contributed by atoms with E-state index in [1.165, 1.54) is 18.6 Å². The van der Waals surface area contributed by atoms with Crippen LogP contribution in [0.4, 0.5) is 14.7 Å². The minimum Gasteiger partial charge on any atom is -0.494 e. The molecule has 0 spiro atoms. The van der Waals surface area contributed by atoms with Crippen LogP contribution in [0.1, 0.15) is 31.2 Å². The number of hydrogen-bond donors (Lipinski definition) is 0. The summed E-state index contributed by atoms with van der Waals surface area (Å²) in [5.74, 6) is 1.75. The number of methoxy groups -OCH3 is 1. The number of halogens is 2. The molecule has 3 fully saturated rings. The van der Waals surface area contributed by atoms with Gasteiger partial charge in [-0.15, -0.1) is 0 Å². The van der Waals surface area contributed by atoms with Gasteiger partial charge >= 0.3 is 0 Å². The van der Waals surface area contributed by atoms with E-state index in [0.29, 0.717) is 56.4 Å². The smallest absolute Gasteiger partial charge is 0.227 e. The Kier molecular flexibility index (Phi) is 8.02. The molecule has 1 amide bonds. The highest BCUT2D eigenvalue weighted by atomic mass is 19.1. The summed E-state index contributed by atoms with van der Waals surface area (Å²) < 4.78 is 45.2. The maximum absolute atomic E-state index is 14.6. The molecule has 37 heavy (non-hydrogen) atoms. The number of carbonyl (C=O) groups is 1. The van der Waals surface area contributed by atoms with E-state index in [-0.39, 0.29) is 23.6 Å². The van der Waals surface area contributed by atoms with Crippen molar-refractivity contribution >= 4 is 11.9 Å². The summed E-state index contributed by atoms with van der Waals surface area (Å²) in [6.07, 6.45) is 7.36. The average molecular weight is 517 g/mol. The quantitative estimate of drug-likeness (QED) is 0.505. The standard InChI is InChI=1S/C27H34F2N4O4/c1-35-21-16-30-27(31-17-21)33-5-2-18(3-6-33)22-12-19(22)4-9-37-20-13-24(28)23(25(29)14-20)15-26(34)32-7-10-36-11-8-32/h13-14,16-19,22H,2-12,15H2,1H3/t19-,22-/m1/s1. The summed E-state index contributed by atoms with van der Waals surface area (Å²) in [5, 5.41) is 0. The van der Waals surface area contributed by atoms with Gasteiger partial charge < -0.3 is 24.0 Å². The monoisotopic (exact) mass is 516 g/mol. The van der Waals surface area contributed by atoms with Crippen molar-refractivity contribution in [3.8, 4) is 11.5 Å². The molecule has 8 nitrogen and oxygen atoms in total. The minimum atomic E-state index is -0.742. The molecular weight excluding hydrogens is 482 g/mol. The highest BCUT2D eigenvalue weighted by molar-refractivity contribution is 5.79. The molecule has 2 aromatic rings. The molecule has 2 aliphatic heterocycles. The number of piperidine rings is 1. The first kappa shape index (κ1) is 25.6. The van der Waals surface area contributed by atoms with Crippen molar-refractivity contribution in [2.75, 3.05) is 58.0 Å². The molecule has 200 valence electrons. The van der Waals surface area contributed by atoms with Crippen molar-refractivity contribution in [3.05, 3.63) is 41.7 Å². The van der Waals surface area contributed by atoms with Crippen molar-refractivity contribution in [1.82, 2.24) is 14.9 Å². The van der Waals surface area contributed by atoms with Gasteiger partial charge in [0.15, 0.2) is 5.75 Å². The Morgan fingerprint density at radius 3 is 2.38 bits per heavy atom. The number of amides is 1. The number of carbonyl (C=O) groups excluding carboxylic acids is 1. The average Bonchev–Trinajstić information content (AvgIpc) is 3.71. The van der Waals surface area contributed by atoms with Crippen LogP contribution in [0, 0.1) is 29.4 Å². The normalized spacial score (nSPS) is 22.1. The van der Waals surface area contributed by atoms with Gasteiger partial charge in [0.1, 0.15) is 17.4 Å². The van der Waals surface area contributed by atoms with E-state index in [0.717, 1.165) is 38.3 Å². The number of anilines is 1. The number of hydrogen-bond acceptors (Lipinski definition) is 7. The fraction of sp³-hybridized carbons (Fsp3) is 0.593. The second-order valence-corrected chi connectivity index (χ2v) is 10.1. The Morgan fingerprint density at radius 2 is 1.73 bits per heavy atom. The molecule has 1 aliphatic carbocycles. The largest absolute Gasteiger partial charge is 0.494 e. The number of morpholine rings is 1. The summed E-state index contributed by atoms with van der Waals surface area (Å²) in [6, 6.07) is 2.37. The lowest BCUT2D eigenvalue weighted by molar-refractivity contribution is -0.134. The molecule has 1 saturated carbocycles. The summed E-state index contributed by atoms with van der Waals surface area (Å²) in [7, 11) is 1.60. The molecule has 5 rings (SSSR count). The van der Waals surface area contributed by atoms with Gasteiger partial charge in [-0.25, -0.2) is 18.7 Å². The lowest BCUT2D eigenvalue weighted by Gasteiger charge is -2.32. The van der Waals surface area contributed by atoms with E-state index >= 15 is 0 Å². The van der Waals surface area contributed by atoms with Crippen molar-refractivity contribution in [1.29, 1.82) is 0 Å². The van der Waals surface area contributed by atoms with E-state index in [2.05, 4.69) is 14.9 Å². The molecule has 0 N–H and O–H groups in total. The molecule has 2 atom stereocenters. The second-order valence-electron chi connectivity index (χ2n) is 10.1. The van der Waals surface area contributed by atoms with E-state index < -0.39 is 11.6 Å². The van der Waals surface area contributed by atoms with Crippen LogP contribution in [-0.4, -0.2) is 73.9 Å². The Bertz CT molecular complexity index is 1050. The zero-order valence-electron chi connectivity index (χ0n) is 21.2. The molecule has 1 aromatic carbocycles. The van der Waals surface area contributed by atoms with Crippen LogP contribution in [0.5, 0.6) is 11.5 Å². The number of rotatable bonds is 9. The Morgan fingerprint density at radius 1 is 1.05 bits per heavy atom. The number of benzene rings is 1. The molecule has 10 heteroatoms. The fourth-order valence-corrected chi connectivity index (χ4v) is 5.52. The van der Waals surface area contributed by atoms with E-state index in [4.69, 9.17) is 14.2 Å². The number of nitrogens with zero attached hydrogens (tertiary/aromatic N) is 4. The zero-order chi connectivity index (χ0) is 25.8. The predicted octanol–water partition coefficient (Wildman–Crippen LogP) is 3.49. The van der Waals surface area contributed by atoms with Gasteiger partial charge in [0.05, 0.1) is 45.7 Å². The van der Waals surface area contributed by atoms with Crippen molar-refractivity contribution in [2.24, 2.45) is 17.8 Å². The highest BCUT2D eigenvalue weighted by Crippen LogP contribution is 2.49. The van der Waals surface area contributed by atoms with Crippen LogP contribution in [0.3, 0.4) is 0 Å². The fourth-order valence-electron chi connectivity index (χ4n) is 5.52. The topological polar surface area (TPSA) is 77.0 Å². The third-order valence-electron chi connectivity index (χ3n) is 7.82. The van der Waals surface area contributed by atoms with Crippen molar-refractivity contribution < 1.29 is 27.8 Å². The van der Waals surface area contributed by atoms with Gasteiger partial charge in [-0.1, -0.05) is 0 Å². The molecule has 3 heterocycles. The lowest BCUT2D eigenvalue weighted by atomic mass is 9.90. The van der Waals surface area contributed by atoms with E-state index in [1.807, 2.05) is 0 Å². The first-order valence-corrected chi connectivity index (χ1v) is 13.1. The van der Waals surface area contributed by atoms with E-state index in [9.17, 15) is 13.6 Å². The van der Waals surface area contributed by atoms with Crippen molar-refractivity contribution in [2.45, 2.75) is 32.1 Å². The highest BCUT2D eigenvalue weighted by Gasteiger charge is 2.43. The SMILES string of the molecule is COc1cnc(N2CCC([C@H]3C[C@H]3CCOc3cc(F)c(CC(=O)N4CCOCC4)c(F)c3)CC2)nc1. The van der Waals surface area contributed by atoms with Gasteiger partial charge in [0.25, 0.3) is 0 Å². The van der Waals surface area contributed by atoms with Crippen LogP contribution in [0.15, 0.2) is 24.5 Å². The van der Waals surface area contributed by atoms with Gasteiger partial charge in [-0.05, 0) is 43.4 Å². The summed E-state index contributed by atoms with van der Waals surface area (Å²) in [5.41, 5.74) is -0.211. The van der Waals surface area contributed by atoms with E-state index in [1.54, 1.807) is 24.4 Å². The summed E-state index contributed by atoms with van der Waals surface area (Å²) in [6.45, 7) is 4.09. The summed E-state index contributed by atoms with van der Waals surface area (Å²) in [4.78, 5) is 25.0. The molecule has 0 bridgehead atoms. The second kappa shape index (κ2) is 11.6. The van der Waals surface area contributed by atoms with Crippen LogP contribution >= 0.6 is 0 Å².